The minimum atomic E-state index is -0.460. The van der Waals surface area contributed by atoms with Gasteiger partial charge in [-0.3, -0.25) is 4.79 Å². The zero-order valence-corrected chi connectivity index (χ0v) is 12.8. The van der Waals surface area contributed by atoms with Gasteiger partial charge in [-0.05, 0) is 17.7 Å². The zero-order chi connectivity index (χ0) is 15.5. The largest absolute Gasteiger partial charge is 0.378 e. The van der Waals surface area contributed by atoms with Crippen LogP contribution < -0.4 is 5.32 Å². The van der Waals surface area contributed by atoms with Crippen LogP contribution in [0, 0.1) is 5.82 Å². The highest BCUT2D eigenvalue weighted by Gasteiger charge is 2.31. The molecule has 22 heavy (non-hydrogen) atoms. The maximum absolute atomic E-state index is 13.3. The molecule has 0 radical (unpaired) electrons. The number of hydrogen-bond acceptors (Lipinski definition) is 4. The first-order valence-corrected chi connectivity index (χ1v) is 7.69. The smallest absolute Gasteiger partial charge is 0.242 e. The van der Waals surface area contributed by atoms with Crippen molar-refractivity contribution in [1.29, 1.82) is 0 Å². The summed E-state index contributed by atoms with van der Waals surface area (Å²) >= 11 is 5.82. The molecule has 1 N–H and O–H groups in total. The molecule has 0 aromatic heterocycles. The van der Waals surface area contributed by atoms with Gasteiger partial charge >= 0.3 is 0 Å². The standard InChI is InChI=1S/C15H18ClFN2O3/c16-11-7-10(1-2-12(11)17)14-8-19(4-6-22-14)15(20)13-9-21-5-3-18-13/h1-2,7,13-14,18H,3-6,8-9H2. The SMILES string of the molecule is O=C(C1COCCN1)N1CCOC(c2ccc(F)c(Cl)c2)C1. The Morgan fingerprint density at radius 2 is 2.27 bits per heavy atom. The summed E-state index contributed by atoms with van der Waals surface area (Å²) in [5.74, 6) is -0.445. The van der Waals surface area contributed by atoms with Crippen LogP contribution in [-0.2, 0) is 14.3 Å². The number of carbonyl (C=O) groups excluding carboxylic acids is 1. The average Bonchev–Trinajstić information content (AvgIpc) is 2.57. The van der Waals surface area contributed by atoms with Gasteiger partial charge in [0.05, 0.1) is 31.4 Å². The van der Waals surface area contributed by atoms with Crippen molar-refractivity contribution in [2.75, 3.05) is 39.5 Å². The lowest BCUT2D eigenvalue weighted by molar-refractivity contribution is -0.144. The number of hydrogen-bond donors (Lipinski definition) is 1. The van der Waals surface area contributed by atoms with Gasteiger partial charge in [-0.1, -0.05) is 17.7 Å². The summed E-state index contributed by atoms with van der Waals surface area (Å²) < 4.78 is 24.3. The maximum atomic E-state index is 13.3. The number of halogens is 2. The van der Waals surface area contributed by atoms with Crippen LogP contribution in [0.4, 0.5) is 4.39 Å². The Balaban J connectivity index is 1.68. The third-order valence-electron chi connectivity index (χ3n) is 3.91. The van der Waals surface area contributed by atoms with E-state index in [-0.39, 0.29) is 23.1 Å². The fraction of sp³-hybridized carbons (Fsp3) is 0.533. The van der Waals surface area contributed by atoms with E-state index in [0.717, 1.165) is 5.56 Å². The van der Waals surface area contributed by atoms with E-state index >= 15 is 0 Å². The number of nitrogens with one attached hydrogen (secondary N) is 1. The van der Waals surface area contributed by atoms with E-state index in [0.29, 0.717) is 39.5 Å². The molecule has 2 atom stereocenters. The van der Waals surface area contributed by atoms with Crippen molar-refractivity contribution in [3.05, 3.63) is 34.6 Å². The molecule has 1 aromatic rings. The highest BCUT2D eigenvalue weighted by molar-refractivity contribution is 6.30. The average molecular weight is 329 g/mol. The molecule has 7 heteroatoms. The first-order chi connectivity index (χ1) is 10.6. The van der Waals surface area contributed by atoms with Crippen molar-refractivity contribution >= 4 is 17.5 Å². The lowest BCUT2D eigenvalue weighted by atomic mass is 10.1. The van der Waals surface area contributed by atoms with Crippen LogP contribution in [0.15, 0.2) is 18.2 Å². The van der Waals surface area contributed by atoms with Gasteiger partial charge in [0.15, 0.2) is 0 Å². The Kier molecular flexibility index (Phi) is 4.93. The van der Waals surface area contributed by atoms with Crippen LogP contribution in [0.1, 0.15) is 11.7 Å². The minimum absolute atomic E-state index is 0.0150. The molecule has 1 amide bonds. The summed E-state index contributed by atoms with van der Waals surface area (Å²) in [5, 5.41) is 3.22. The number of amides is 1. The number of nitrogens with zero attached hydrogens (tertiary/aromatic N) is 1. The van der Waals surface area contributed by atoms with Crippen molar-refractivity contribution in [3.8, 4) is 0 Å². The van der Waals surface area contributed by atoms with Crippen molar-refractivity contribution < 1.29 is 18.7 Å². The van der Waals surface area contributed by atoms with Crippen LogP contribution in [0.2, 0.25) is 5.02 Å². The van der Waals surface area contributed by atoms with Gasteiger partial charge in [0.1, 0.15) is 18.0 Å². The highest BCUT2D eigenvalue weighted by atomic mass is 35.5. The Labute approximate surface area is 133 Å². The molecule has 2 saturated heterocycles. The van der Waals surface area contributed by atoms with Crippen molar-refractivity contribution in [2.45, 2.75) is 12.1 Å². The van der Waals surface area contributed by atoms with Gasteiger partial charge in [0, 0.05) is 13.1 Å². The monoisotopic (exact) mass is 328 g/mol. The van der Waals surface area contributed by atoms with Gasteiger partial charge < -0.3 is 19.7 Å². The van der Waals surface area contributed by atoms with Crippen LogP contribution in [0.5, 0.6) is 0 Å². The second-order valence-corrected chi connectivity index (χ2v) is 5.81. The summed E-state index contributed by atoms with van der Waals surface area (Å²) in [6, 6.07) is 4.21. The summed E-state index contributed by atoms with van der Waals surface area (Å²) in [7, 11) is 0. The summed E-state index contributed by atoms with van der Waals surface area (Å²) in [6.45, 7) is 3.12. The van der Waals surface area contributed by atoms with E-state index in [1.165, 1.54) is 6.07 Å². The first kappa shape index (κ1) is 15.7. The molecule has 2 heterocycles. The van der Waals surface area contributed by atoms with Crippen molar-refractivity contribution in [2.24, 2.45) is 0 Å². The molecule has 2 fully saturated rings. The lowest BCUT2D eigenvalue weighted by Gasteiger charge is -2.36. The van der Waals surface area contributed by atoms with E-state index in [4.69, 9.17) is 21.1 Å². The van der Waals surface area contributed by atoms with E-state index in [9.17, 15) is 9.18 Å². The second kappa shape index (κ2) is 6.91. The molecule has 0 saturated carbocycles. The Morgan fingerprint density at radius 3 is 3.00 bits per heavy atom. The Bertz CT molecular complexity index is 552. The first-order valence-electron chi connectivity index (χ1n) is 7.31. The molecule has 0 spiro atoms. The van der Waals surface area contributed by atoms with Gasteiger partial charge in [0.2, 0.25) is 5.91 Å². The molecule has 2 aliphatic rings. The topological polar surface area (TPSA) is 50.8 Å². The van der Waals surface area contributed by atoms with Gasteiger partial charge in [0.25, 0.3) is 0 Å². The maximum Gasteiger partial charge on any atom is 0.242 e. The van der Waals surface area contributed by atoms with E-state index in [1.807, 2.05) is 0 Å². The number of carbonyl (C=O) groups is 1. The number of rotatable bonds is 2. The molecule has 2 unspecified atom stereocenters. The Hall–Kier alpha value is -1.21. The molecule has 0 aliphatic carbocycles. The number of benzene rings is 1. The van der Waals surface area contributed by atoms with Crippen LogP contribution in [0.3, 0.4) is 0 Å². The van der Waals surface area contributed by atoms with Gasteiger partial charge in [-0.15, -0.1) is 0 Å². The molecule has 120 valence electrons. The van der Waals surface area contributed by atoms with Gasteiger partial charge in [-0.25, -0.2) is 4.39 Å². The van der Waals surface area contributed by atoms with Crippen LogP contribution in [0.25, 0.3) is 0 Å². The molecule has 2 aliphatic heterocycles. The molecular weight excluding hydrogens is 311 g/mol. The molecule has 3 rings (SSSR count). The normalized spacial score (nSPS) is 26.0. The lowest BCUT2D eigenvalue weighted by Crippen LogP contribution is -2.55. The molecule has 5 nitrogen and oxygen atoms in total. The molecular formula is C15H18ClFN2O3. The quantitative estimate of drug-likeness (QED) is 0.891. The predicted octanol–water partition coefficient (Wildman–Crippen LogP) is 1.37. The highest BCUT2D eigenvalue weighted by Crippen LogP contribution is 2.26. The van der Waals surface area contributed by atoms with E-state index in [2.05, 4.69) is 5.32 Å². The fourth-order valence-corrected chi connectivity index (χ4v) is 2.90. The summed E-state index contributed by atoms with van der Waals surface area (Å²) in [5.41, 5.74) is 0.775. The minimum Gasteiger partial charge on any atom is -0.378 e. The third-order valence-corrected chi connectivity index (χ3v) is 4.20. The Morgan fingerprint density at radius 1 is 1.41 bits per heavy atom. The number of ether oxygens (including phenoxy) is 2. The second-order valence-electron chi connectivity index (χ2n) is 5.40. The van der Waals surface area contributed by atoms with Crippen molar-refractivity contribution in [3.63, 3.8) is 0 Å². The summed E-state index contributed by atoms with van der Waals surface area (Å²) in [4.78, 5) is 14.3. The van der Waals surface area contributed by atoms with Crippen molar-refractivity contribution in [1.82, 2.24) is 10.2 Å². The van der Waals surface area contributed by atoms with Crippen LogP contribution >= 0.6 is 11.6 Å². The van der Waals surface area contributed by atoms with E-state index < -0.39 is 5.82 Å². The summed E-state index contributed by atoms with van der Waals surface area (Å²) in [6.07, 6.45) is -0.291. The van der Waals surface area contributed by atoms with E-state index in [1.54, 1.807) is 17.0 Å². The van der Waals surface area contributed by atoms with Gasteiger partial charge in [-0.2, -0.15) is 0 Å². The molecule has 0 bridgehead atoms. The molecule has 1 aromatic carbocycles. The zero-order valence-electron chi connectivity index (χ0n) is 12.1. The van der Waals surface area contributed by atoms with Crippen LogP contribution in [-0.4, -0.2) is 56.3 Å². The third kappa shape index (κ3) is 3.41. The number of morpholine rings is 2. The predicted molar refractivity (Wildman–Crippen MR) is 79.3 cm³/mol. The fourth-order valence-electron chi connectivity index (χ4n) is 2.71.